The van der Waals surface area contributed by atoms with E-state index in [1.54, 1.807) is 18.6 Å². The highest BCUT2D eigenvalue weighted by Crippen LogP contribution is 2.20. The molecule has 0 bridgehead atoms. The van der Waals surface area contributed by atoms with Crippen molar-refractivity contribution in [1.82, 2.24) is 14.1 Å². The summed E-state index contributed by atoms with van der Waals surface area (Å²) in [4.78, 5) is 33.0. The van der Waals surface area contributed by atoms with Gasteiger partial charge in [0.2, 0.25) is 0 Å². The van der Waals surface area contributed by atoms with E-state index < -0.39 is 5.69 Å². The topological polar surface area (TPSA) is 95.4 Å². The van der Waals surface area contributed by atoms with E-state index in [-0.39, 0.29) is 24.7 Å². The molecule has 3 aromatic rings. The Kier molecular flexibility index (Phi) is 6.28. The number of piperidine rings is 1. The van der Waals surface area contributed by atoms with Crippen LogP contribution in [0.4, 0.5) is 5.82 Å². The van der Waals surface area contributed by atoms with Crippen molar-refractivity contribution in [3.8, 4) is 17.6 Å². The van der Waals surface area contributed by atoms with E-state index in [0.717, 1.165) is 36.0 Å². The van der Waals surface area contributed by atoms with Gasteiger partial charge in [-0.3, -0.25) is 18.9 Å². The normalized spacial score (nSPS) is 16.0. The highest BCUT2D eigenvalue weighted by Gasteiger charge is 2.22. The van der Waals surface area contributed by atoms with Crippen LogP contribution in [0.15, 0.2) is 46.0 Å². The lowest BCUT2D eigenvalue weighted by atomic mass is 10.1. The molecule has 0 saturated carbocycles. The zero-order chi connectivity index (χ0) is 22.7. The van der Waals surface area contributed by atoms with Gasteiger partial charge in [0.1, 0.15) is 11.6 Å². The van der Waals surface area contributed by atoms with Crippen molar-refractivity contribution >= 4 is 16.7 Å². The molecule has 0 radical (unpaired) electrons. The first-order chi connectivity index (χ1) is 15.5. The molecule has 1 aromatic carbocycles. The Hall–Kier alpha value is -3.57. The summed E-state index contributed by atoms with van der Waals surface area (Å²) in [6.07, 6.45) is 1.86. The second-order valence-corrected chi connectivity index (χ2v) is 7.93. The van der Waals surface area contributed by atoms with Crippen LogP contribution < -0.4 is 26.6 Å². The van der Waals surface area contributed by atoms with Gasteiger partial charge < -0.3 is 15.4 Å². The van der Waals surface area contributed by atoms with E-state index in [0.29, 0.717) is 18.1 Å². The Labute approximate surface area is 186 Å². The van der Waals surface area contributed by atoms with E-state index in [4.69, 9.17) is 10.5 Å². The summed E-state index contributed by atoms with van der Waals surface area (Å²) >= 11 is 0. The molecular weight excluding hydrogens is 406 g/mol. The molecular formula is C24H27N5O3. The molecule has 2 aromatic heterocycles. The molecule has 8 nitrogen and oxygen atoms in total. The molecule has 8 heteroatoms. The second kappa shape index (κ2) is 9.28. The lowest BCUT2D eigenvalue weighted by Crippen LogP contribution is -2.48. The fraction of sp³-hybridized carbons (Fsp3) is 0.375. The average Bonchev–Trinajstić information content (AvgIpc) is 2.80. The van der Waals surface area contributed by atoms with Gasteiger partial charge >= 0.3 is 5.69 Å². The quantitative estimate of drug-likeness (QED) is 0.614. The first-order valence-electron chi connectivity index (χ1n) is 10.7. The van der Waals surface area contributed by atoms with Crippen LogP contribution in [-0.2, 0) is 13.1 Å². The van der Waals surface area contributed by atoms with Crippen molar-refractivity contribution in [2.24, 2.45) is 5.73 Å². The number of hydrogen-bond acceptors (Lipinski definition) is 6. The highest BCUT2D eigenvalue weighted by atomic mass is 16.5. The molecule has 2 N–H and O–H groups in total. The molecule has 1 aliphatic rings. The number of ether oxygens (including phenoxy) is 1. The number of rotatable bonds is 5. The van der Waals surface area contributed by atoms with Crippen LogP contribution in [0.1, 0.15) is 25.5 Å². The summed E-state index contributed by atoms with van der Waals surface area (Å²) in [7, 11) is 1.62. The zero-order valence-corrected chi connectivity index (χ0v) is 18.4. The molecule has 1 atom stereocenters. The monoisotopic (exact) mass is 433 g/mol. The van der Waals surface area contributed by atoms with Crippen molar-refractivity contribution in [3.63, 3.8) is 0 Å². The first-order valence-corrected chi connectivity index (χ1v) is 10.7. The molecule has 3 heterocycles. The van der Waals surface area contributed by atoms with Gasteiger partial charge in [-0.2, -0.15) is 0 Å². The van der Waals surface area contributed by atoms with Gasteiger partial charge in [-0.05, 0) is 44.0 Å². The Morgan fingerprint density at radius 1 is 1.19 bits per heavy atom. The molecule has 4 rings (SSSR count). The maximum absolute atomic E-state index is 13.3. The molecule has 0 unspecified atom stereocenters. The number of anilines is 1. The van der Waals surface area contributed by atoms with Crippen LogP contribution in [0.2, 0.25) is 0 Å². The number of methoxy groups -OCH3 is 1. The van der Waals surface area contributed by atoms with E-state index in [2.05, 4.69) is 16.8 Å². The third kappa shape index (κ3) is 4.39. The maximum Gasteiger partial charge on any atom is 0.333 e. The van der Waals surface area contributed by atoms with Gasteiger partial charge in [0, 0.05) is 30.6 Å². The van der Waals surface area contributed by atoms with Crippen molar-refractivity contribution in [2.75, 3.05) is 25.1 Å². The SMILES string of the molecule is CC#CCn1c(N2CCC[C@@H](N)C2)cc(=O)n(Cc2ccc3cc(OC)ccc3n2)c1=O. The van der Waals surface area contributed by atoms with Crippen LogP contribution in [0.25, 0.3) is 10.9 Å². The molecule has 1 fully saturated rings. The van der Waals surface area contributed by atoms with Crippen LogP contribution in [-0.4, -0.2) is 40.4 Å². The Morgan fingerprint density at radius 3 is 2.78 bits per heavy atom. The van der Waals surface area contributed by atoms with Crippen molar-refractivity contribution in [2.45, 2.75) is 38.9 Å². The van der Waals surface area contributed by atoms with Gasteiger partial charge in [-0.1, -0.05) is 12.0 Å². The number of benzene rings is 1. The highest BCUT2D eigenvalue weighted by molar-refractivity contribution is 5.80. The van der Waals surface area contributed by atoms with E-state index in [9.17, 15) is 9.59 Å². The van der Waals surface area contributed by atoms with E-state index in [1.165, 1.54) is 10.6 Å². The summed E-state index contributed by atoms with van der Waals surface area (Å²) in [6, 6.07) is 10.9. The molecule has 1 saturated heterocycles. The Balaban J connectivity index is 1.74. The van der Waals surface area contributed by atoms with E-state index >= 15 is 0 Å². The molecule has 1 aliphatic heterocycles. The minimum atomic E-state index is -0.397. The van der Waals surface area contributed by atoms with Gasteiger partial charge in [-0.25, -0.2) is 4.79 Å². The number of nitrogens with two attached hydrogens (primary N) is 1. The van der Waals surface area contributed by atoms with Crippen LogP contribution in [0.5, 0.6) is 5.75 Å². The number of nitrogens with zero attached hydrogens (tertiary/aromatic N) is 4. The summed E-state index contributed by atoms with van der Waals surface area (Å²) in [6.45, 7) is 3.39. The fourth-order valence-electron chi connectivity index (χ4n) is 4.06. The number of aromatic nitrogens is 3. The average molecular weight is 434 g/mol. The molecule has 32 heavy (non-hydrogen) atoms. The van der Waals surface area contributed by atoms with Gasteiger partial charge in [-0.15, -0.1) is 5.92 Å². The third-order valence-electron chi connectivity index (χ3n) is 5.73. The van der Waals surface area contributed by atoms with Crippen molar-refractivity contribution in [3.05, 3.63) is 62.9 Å². The Bertz CT molecular complexity index is 1320. The second-order valence-electron chi connectivity index (χ2n) is 7.93. The molecule has 166 valence electrons. The maximum atomic E-state index is 13.3. The minimum Gasteiger partial charge on any atom is -0.497 e. The lowest BCUT2D eigenvalue weighted by Gasteiger charge is -2.33. The molecule has 0 spiro atoms. The molecule has 0 amide bonds. The number of hydrogen-bond donors (Lipinski definition) is 1. The predicted octanol–water partition coefficient (Wildman–Crippen LogP) is 1.57. The number of fused-ring (bicyclic) bond motifs is 1. The standard InChI is InChI=1S/C24H27N5O3/c1-3-4-12-28-22(27-11-5-6-18(25)15-27)14-23(30)29(24(28)31)16-19-8-7-17-13-20(32-2)9-10-21(17)26-19/h7-10,13-14,18H,5-6,11-12,15-16,25H2,1-2H3/t18-/m1/s1. The minimum absolute atomic E-state index is 0.0208. The summed E-state index contributed by atoms with van der Waals surface area (Å²) < 4.78 is 8.02. The number of pyridine rings is 1. The lowest BCUT2D eigenvalue weighted by molar-refractivity contribution is 0.415. The van der Waals surface area contributed by atoms with Crippen LogP contribution in [0.3, 0.4) is 0 Å². The van der Waals surface area contributed by atoms with Crippen molar-refractivity contribution < 1.29 is 4.74 Å². The predicted molar refractivity (Wildman–Crippen MR) is 125 cm³/mol. The van der Waals surface area contributed by atoms with Gasteiger partial charge in [0.15, 0.2) is 0 Å². The fourth-order valence-corrected chi connectivity index (χ4v) is 4.06. The molecule has 0 aliphatic carbocycles. The van der Waals surface area contributed by atoms with Gasteiger partial charge in [0.25, 0.3) is 5.56 Å². The van der Waals surface area contributed by atoms with E-state index in [1.807, 2.05) is 35.2 Å². The first kappa shape index (κ1) is 21.7. The van der Waals surface area contributed by atoms with Crippen LogP contribution >= 0.6 is 0 Å². The smallest absolute Gasteiger partial charge is 0.333 e. The van der Waals surface area contributed by atoms with Crippen LogP contribution in [0, 0.1) is 11.8 Å². The Morgan fingerprint density at radius 2 is 2.03 bits per heavy atom. The summed E-state index contributed by atoms with van der Waals surface area (Å²) in [5, 5.41) is 0.924. The third-order valence-corrected chi connectivity index (χ3v) is 5.73. The largest absolute Gasteiger partial charge is 0.497 e. The zero-order valence-electron chi connectivity index (χ0n) is 18.4. The summed E-state index contributed by atoms with van der Waals surface area (Å²) in [5.41, 5.74) is 6.77. The summed E-state index contributed by atoms with van der Waals surface area (Å²) in [5.74, 6) is 7.11. The van der Waals surface area contributed by atoms with Gasteiger partial charge in [0.05, 0.1) is 31.4 Å². The van der Waals surface area contributed by atoms with Crippen molar-refractivity contribution in [1.29, 1.82) is 0 Å².